The molecule has 0 aliphatic carbocycles. The van der Waals surface area contributed by atoms with Crippen molar-refractivity contribution in [3.8, 4) is 11.6 Å². The molecular weight excluding hydrogens is 366 g/mol. The summed E-state index contributed by atoms with van der Waals surface area (Å²) in [4.78, 5) is 31.2. The van der Waals surface area contributed by atoms with Crippen LogP contribution in [0, 0.1) is 6.92 Å². The lowest BCUT2D eigenvalue weighted by Crippen LogP contribution is -2.32. The van der Waals surface area contributed by atoms with Gasteiger partial charge in [0.2, 0.25) is 11.4 Å². The normalized spacial score (nSPS) is 16.1. The molecule has 1 aliphatic rings. The maximum Gasteiger partial charge on any atom is 0.255 e. The molecule has 0 radical (unpaired) electrons. The van der Waals surface area contributed by atoms with Gasteiger partial charge in [0, 0.05) is 31.9 Å². The maximum absolute atomic E-state index is 13.1. The number of benzene rings is 1. The average Bonchev–Trinajstić information content (AvgIpc) is 3.21. The third-order valence-corrected chi connectivity index (χ3v) is 5.18. The van der Waals surface area contributed by atoms with Gasteiger partial charge in [0.25, 0.3) is 5.91 Å². The van der Waals surface area contributed by atoms with Crippen molar-refractivity contribution in [3.05, 3.63) is 88.0 Å². The number of rotatable bonds is 4. The van der Waals surface area contributed by atoms with Gasteiger partial charge in [0.05, 0.1) is 17.3 Å². The fraction of sp³-hybridized carbons (Fsp3) is 0.261. The fourth-order valence-corrected chi connectivity index (χ4v) is 3.60. The molecular formula is C23H23N3O3. The molecule has 0 unspecified atom stereocenters. The minimum atomic E-state index is -0.137. The Morgan fingerprint density at radius 1 is 1.10 bits per heavy atom. The molecule has 6 heteroatoms. The zero-order valence-corrected chi connectivity index (χ0v) is 16.5. The number of hydrogen-bond acceptors (Lipinski definition) is 4. The Morgan fingerprint density at radius 2 is 1.90 bits per heavy atom. The van der Waals surface area contributed by atoms with Crippen LogP contribution in [0.5, 0.6) is 11.6 Å². The second-order valence-corrected chi connectivity index (χ2v) is 7.34. The Bertz CT molecular complexity index is 1090. The Morgan fingerprint density at radius 3 is 2.66 bits per heavy atom. The fourth-order valence-electron chi connectivity index (χ4n) is 3.60. The van der Waals surface area contributed by atoms with Crippen molar-refractivity contribution in [2.45, 2.75) is 25.8 Å². The lowest BCUT2D eigenvalue weighted by Gasteiger charge is -2.24. The highest BCUT2D eigenvalue weighted by molar-refractivity contribution is 5.94. The van der Waals surface area contributed by atoms with Crippen LogP contribution >= 0.6 is 0 Å². The van der Waals surface area contributed by atoms with Gasteiger partial charge in [-0.05, 0) is 44.0 Å². The van der Waals surface area contributed by atoms with Crippen LogP contribution in [-0.4, -0.2) is 26.9 Å². The second kappa shape index (κ2) is 7.91. The van der Waals surface area contributed by atoms with Gasteiger partial charge in [0.15, 0.2) is 0 Å². The van der Waals surface area contributed by atoms with E-state index in [0.717, 1.165) is 29.8 Å². The number of carbonyl (C=O) groups is 1. The molecule has 1 saturated heterocycles. The van der Waals surface area contributed by atoms with Crippen LogP contribution in [0.2, 0.25) is 0 Å². The minimum Gasteiger partial charge on any atom is -0.439 e. The molecule has 1 aromatic carbocycles. The highest BCUT2D eigenvalue weighted by Crippen LogP contribution is 2.33. The molecule has 0 N–H and O–H groups in total. The predicted molar refractivity (Wildman–Crippen MR) is 110 cm³/mol. The number of aryl methyl sites for hydroxylation is 2. The molecule has 0 saturated carbocycles. The number of pyridine rings is 2. The van der Waals surface area contributed by atoms with Gasteiger partial charge in [-0.1, -0.05) is 23.8 Å². The van der Waals surface area contributed by atoms with Crippen molar-refractivity contribution in [2.24, 2.45) is 7.05 Å². The maximum atomic E-state index is 13.1. The molecule has 3 aromatic rings. The smallest absolute Gasteiger partial charge is 0.255 e. The standard InChI is InChI=1S/C23H23N3O3/c1-16-8-11-18(12-9-16)29-21-7-3-5-19(24-21)20-6-4-14-26(20)23(28)17-10-13-22(27)25(2)15-17/h3,5,7-13,15,20H,4,6,14H2,1-2H3/t20-/m0/s1. The molecule has 0 bridgehead atoms. The van der Waals surface area contributed by atoms with E-state index < -0.39 is 0 Å². The molecule has 29 heavy (non-hydrogen) atoms. The van der Waals surface area contributed by atoms with Crippen molar-refractivity contribution in [3.63, 3.8) is 0 Å². The molecule has 3 heterocycles. The van der Waals surface area contributed by atoms with Crippen LogP contribution in [0.1, 0.15) is 40.5 Å². The molecule has 2 aromatic heterocycles. The Balaban J connectivity index is 1.56. The number of amides is 1. The van der Waals surface area contributed by atoms with Gasteiger partial charge in [-0.3, -0.25) is 9.59 Å². The number of hydrogen-bond donors (Lipinski definition) is 0. The van der Waals surface area contributed by atoms with E-state index in [2.05, 4.69) is 4.98 Å². The van der Waals surface area contributed by atoms with Gasteiger partial charge in [-0.2, -0.15) is 0 Å². The van der Waals surface area contributed by atoms with Crippen LogP contribution in [0.25, 0.3) is 0 Å². The number of ether oxygens (including phenoxy) is 1. The summed E-state index contributed by atoms with van der Waals surface area (Å²) < 4.78 is 7.31. The summed E-state index contributed by atoms with van der Waals surface area (Å²) in [6.45, 7) is 2.69. The summed E-state index contributed by atoms with van der Waals surface area (Å²) in [5, 5.41) is 0. The zero-order chi connectivity index (χ0) is 20.4. The van der Waals surface area contributed by atoms with Gasteiger partial charge in [-0.15, -0.1) is 0 Å². The van der Waals surface area contributed by atoms with Crippen molar-refractivity contribution >= 4 is 5.91 Å². The Labute approximate surface area is 169 Å². The highest BCUT2D eigenvalue weighted by atomic mass is 16.5. The topological polar surface area (TPSA) is 64.4 Å². The molecule has 1 aliphatic heterocycles. The minimum absolute atomic E-state index is 0.0882. The van der Waals surface area contributed by atoms with E-state index in [9.17, 15) is 9.59 Å². The summed E-state index contributed by atoms with van der Waals surface area (Å²) in [5.41, 5.74) is 2.34. The SMILES string of the molecule is Cc1ccc(Oc2cccc([C@@H]3CCCN3C(=O)c3ccc(=O)n(C)c3)n2)cc1. The van der Waals surface area contributed by atoms with E-state index in [1.807, 2.05) is 54.3 Å². The molecule has 1 atom stereocenters. The quantitative estimate of drug-likeness (QED) is 0.680. The number of carbonyl (C=O) groups excluding carboxylic acids is 1. The van der Waals surface area contributed by atoms with Crippen LogP contribution in [0.3, 0.4) is 0 Å². The molecule has 6 nitrogen and oxygen atoms in total. The van der Waals surface area contributed by atoms with Gasteiger partial charge in [0.1, 0.15) is 5.75 Å². The Kier molecular flexibility index (Phi) is 5.16. The summed E-state index contributed by atoms with van der Waals surface area (Å²) in [6.07, 6.45) is 3.34. The third-order valence-electron chi connectivity index (χ3n) is 5.18. The van der Waals surface area contributed by atoms with Gasteiger partial charge in [-0.25, -0.2) is 4.98 Å². The Hall–Kier alpha value is -3.41. The lowest BCUT2D eigenvalue weighted by atomic mass is 10.1. The molecule has 1 amide bonds. The van der Waals surface area contributed by atoms with E-state index in [-0.39, 0.29) is 17.5 Å². The van der Waals surface area contributed by atoms with Crippen LogP contribution in [0.15, 0.2) is 65.6 Å². The van der Waals surface area contributed by atoms with Crippen molar-refractivity contribution < 1.29 is 9.53 Å². The number of aromatic nitrogens is 2. The predicted octanol–water partition coefficient (Wildman–Crippen LogP) is 3.86. The van der Waals surface area contributed by atoms with Crippen molar-refractivity contribution in [2.75, 3.05) is 6.54 Å². The van der Waals surface area contributed by atoms with Gasteiger partial charge < -0.3 is 14.2 Å². The third kappa shape index (κ3) is 4.06. The first kappa shape index (κ1) is 18.9. The summed E-state index contributed by atoms with van der Waals surface area (Å²) in [5.74, 6) is 1.15. The summed E-state index contributed by atoms with van der Waals surface area (Å²) >= 11 is 0. The summed E-state index contributed by atoms with van der Waals surface area (Å²) in [6, 6.07) is 16.4. The van der Waals surface area contributed by atoms with Crippen LogP contribution < -0.4 is 10.3 Å². The molecule has 148 valence electrons. The highest BCUT2D eigenvalue weighted by Gasteiger charge is 2.32. The molecule has 4 rings (SSSR count). The average molecular weight is 389 g/mol. The van der Waals surface area contributed by atoms with E-state index in [1.54, 1.807) is 19.3 Å². The second-order valence-electron chi connectivity index (χ2n) is 7.34. The van der Waals surface area contributed by atoms with Crippen molar-refractivity contribution in [1.29, 1.82) is 0 Å². The monoisotopic (exact) mass is 389 g/mol. The van der Waals surface area contributed by atoms with Crippen molar-refractivity contribution in [1.82, 2.24) is 14.5 Å². The summed E-state index contributed by atoms with van der Waals surface area (Å²) in [7, 11) is 1.65. The first-order valence-corrected chi connectivity index (χ1v) is 9.70. The largest absolute Gasteiger partial charge is 0.439 e. The van der Waals surface area contributed by atoms with Crippen LogP contribution in [0.4, 0.5) is 0 Å². The number of nitrogens with zero attached hydrogens (tertiary/aromatic N) is 3. The van der Waals surface area contributed by atoms with E-state index >= 15 is 0 Å². The molecule has 1 fully saturated rings. The first-order valence-electron chi connectivity index (χ1n) is 9.70. The van der Waals surface area contributed by atoms with E-state index in [4.69, 9.17) is 4.74 Å². The van der Waals surface area contributed by atoms with E-state index in [1.165, 1.54) is 10.6 Å². The first-order chi connectivity index (χ1) is 14.0. The number of likely N-dealkylation sites (tertiary alicyclic amines) is 1. The van der Waals surface area contributed by atoms with Gasteiger partial charge >= 0.3 is 0 Å². The van der Waals surface area contributed by atoms with E-state index in [0.29, 0.717) is 18.0 Å². The lowest BCUT2D eigenvalue weighted by molar-refractivity contribution is 0.0731. The zero-order valence-electron chi connectivity index (χ0n) is 16.5. The molecule has 0 spiro atoms. The van der Waals surface area contributed by atoms with Crippen LogP contribution in [-0.2, 0) is 7.05 Å².